The van der Waals surface area contributed by atoms with Crippen molar-refractivity contribution in [2.45, 2.75) is 40.2 Å². The summed E-state index contributed by atoms with van der Waals surface area (Å²) in [5.74, 6) is 3.57. The molecule has 0 radical (unpaired) electrons. The van der Waals surface area contributed by atoms with Gasteiger partial charge in [0.15, 0.2) is 0 Å². The monoisotopic (exact) mass is 416 g/mol. The number of hydrogen-bond donors (Lipinski definition) is 1. The van der Waals surface area contributed by atoms with E-state index in [1.807, 2.05) is 48.8 Å². The summed E-state index contributed by atoms with van der Waals surface area (Å²) in [5.41, 5.74) is 3.63. The average Bonchev–Trinajstić information content (AvgIpc) is 3.25. The third-order valence-electron chi connectivity index (χ3n) is 6.42. The van der Waals surface area contributed by atoms with Crippen LogP contribution in [0.15, 0.2) is 70.9 Å². The van der Waals surface area contributed by atoms with Gasteiger partial charge in [0, 0.05) is 37.5 Å². The van der Waals surface area contributed by atoms with E-state index in [1.54, 1.807) is 0 Å². The zero-order valence-corrected chi connectivity index (χ0v) is 18.7. The van der Waals surface area contributed by atoms with Crippen molar-refractivity contribution in [3.63, 3.8) is 0 Å². The Balaban J connectivity index is 1.40. The largest absolute Gasteiger partial charge is 0.421 e. The molecule has 4 rings (SSSR count). The fourth-order valence-corrected chi connectivity index (χ4v) is 4.64. The normalized spacial score (nSPS) is 21.3. The Morgan fingerprint density at radius 3 is 2.68 bits per heavy atom. The zero-order chi connectivity index (χ0) is 21.6. The van der Waals surface area contributed by atoms with E-state index < -0.39 is 0 Å². The maximum atomic E-state index is 5.99. The maximum absolute atomic E-state index is 5.99. The molecule has 2 aromatic heterocycles. The molecule has 162 valence electrons. The minimum absolute atomic E-state index is 0.450. The molecule has 0 aliphatic heterocycles. The lowest BCUT2D eigenvalue weighted by Crippen LogP contribution is -2.34. The van der Waals surface area contributed by atoms with Crippen LogP contribution in [0, 0.1) is 23.7 Å². The van der Waals surface area contributed by atoms with Crippen LogP contribution in [0.25, 0.3) is 11.5 Å². The highest BCUT2D eigenvalue weighted by atomic mass is 16.4. The number of allylic oxidation sites excluding steroid dienone is 1. The third-order valence-corrected chi connectivity index (χ3v) is 6.42. The number of nitrogens with one attached hydrogen (secondary N) is 1. The molecule has 0 amide bonds. The Morgan fingerprint density at radius 2 is 1.94 bits per heavy atom. The molecule has 0 unspecified atom stereocenters. The van der Waals surface area contributed by atoms with Gasteiger partial charge >= 0.3 is 0 Å². The van der Waals surface area contributed by atoms with Crippen LogP contribution in [0.1, 0.15) is 38.6 Å². The van der Waals surface area contributed by atoms with Gasteiger partial charge in [-0.1, -0.05) is 49.8 Å². The van der Waals surface area contributed by atoms with Crippen LogP contribution in [0.5, 0.6) is 0 Å². The van der Waals surface area contributed by atoms with Crippen LogP contribution in [-0.2, 0) is 13.0 Å². The first kappa shape index (κ1) is 21.4. The SMILES string of the molecule is CC1=C[C@@H](CNCc2cccnc2)[C@H](C(C)C)C[C@H]1Cc1nnc(-c2ccccc2)o1. The predicted octanol–water partition coefficient (Wildman–Crippen LogP) is 5.32. The van der Waals surface area contributed by atoms with Crippen LogP contribution >= 0.6 is 0 Å². The molecular weight excluding hydrogens is 384 g/mol. The molecule has 2 heterocycles. The van der Waals surface area contributed by atoms with Crippen molar-refractivity contribution in [3.8, 4) is 11.5 Å². The first-order valence-corrected chi connectivity index (χ1v) is 11.3. The molecule has 1 aliphatic carbocycles. The van der Waals surface area contributed by atoms with Gasteiger partial charge in [-0.15, -0.1) is 10.2 Å². The highest BCUT2D eigenvalue weighted by Crippen LogP contribution is 2.38. The van der Waals surface area contributed by atoms with Crippen molar-refractivity contribution in [2.75, 3.05) is 6.54 Å². The van der Waals surface area contributed by atoms with E-state index in [0.29, 0.717) is 29.6 Å². The van der Waals surface area contributed by atoms with Crippen LogP contribution in [0.2, 0.25) is 0 Å². The number of nitrogens with zero attached hydrogens (tertiary/aromatic N) is 3. The Bertz CT molecular complexity index is 981. The molecule has 0 spiro atoms. The Morgan fingerprint density at radius 1 is 1.10 bits per heavy atom. The van der Waals surface area contributed by atoms with Crippen LogP contribution < -0.4 is 5.32 Å². The van der Waals surface area contributed by atoms with Gasteiger partial charge in [-0.25, -0.2) is 0 Å². The summed E-state index contributed by atoms with van der Waals surface area (Å²) in [4.78, 5) is 4.20. The average molecular weight is 417 g/mol. The first-order chi connectivity index (χ1) is 15.1. The van der Waals surface area contributed by atoms with E-state index in [2.05, 4.69) is 53.4 Å². The fourth-order valence-electron chi connectivity index (χ4n) is 4.64. The highest BCUT2D eigenvalue weighted by molar-refractivity contribution is 5.51. The minimum Gasteiger partial charge on any atom is -0.421 e. The summed E-state index contributed by atoms with van der Waals surface area (Å²) in [6.45, 7) is 8.77. The van der Waals surface area contributed by atoms with Gasteiger partial charge in [-0.2, -0.15) is 0 Å². The van der Waals surface area contributed by atoms with Crippen LogP contribution in [0.3, 0.4) is 0 Å². The smallest absolute Gasteiger partial charge is 0.247 e. The maximum Gasteiger partial charge on any atom is 0.247 e. The van der Waals surface area contributed by atoms with Gasteiger partial charge in [0.05, 0.1) is 0 Å². The standard InChI is InChI=1S/C26H32N4O/c1-18(2)24-13-22(14-25-29-30-26(31-25)21-9-5-4-6-10-21)19(3)12-23(24)17-28-16-20-8-7-11-27-15-20/h4-12,15,18,22-24,28H,13-14,16-17H2,1-3H3/t22-,23-,24-/m0/s1. The van der Waals surface area contributed by atoms with E-state index in [-0.39, 0.29) is 0 Å². The lowest BCUT2D eigenvalue weighted by atomic mass is 9.70. The summed E-state index contributed by atoms with van der Waals surface area (Å²) in [5, 5.41) is 12.2. The van der Waals surface area contributed by atoms with Crippen molar-refractivity contribution in [1.82, 2.24) is 20.5 Å². The van der Waals surface area contributed by atoms with E-state index in [9.17, 15) is 0 Å². The van der Waals surface area contributed by atoms with Crippen molar-refractivity contribution >= 4 is 0 Å². The van der Waals surface area contributed by atoms with Gasteiger partial charge < -0.3 is 9.73 Å². The molecule has 1 aliphatic rings. The van der Waals surface area contributed by atoms with E-state index in [0.717, 1.165) is 37.4 Å². The van der Waals surface area contributed by atoms with E-state index in [1.165, 1.54) is 11.1 Å². The zero-order valence-electron chi connectivity index (χ0n) is 18.7. The molecule has 1 aromatic carbocycles. The predicted molar refractivity (Wildman–Crippen MR) is 123 cm³/mol. The van der Waals surface area contributed by atoms with Crippen LogP contribution in [0.4, 0.5) is 0 Å². The summed E-state index contributed by atoms with van der Waals surface area (Å²) in [7, 11) is 0. The number of hydrogen-bond acceptors (Lipinski definition) is 5. The summed E-state index contributed by atoms with van der Waals surface area (Å²) in [6.07, 6.45) is 8.18. The van der Waals surface area contributed by atoms with E-state index in [4.69, 9.17) is 4.42 Å². The third kappa shape index (κ3) is 5.47. The molecule has 0 saturated heterocycles. The lowest BCUT2D eigenvalue weighted by molar-refractivity contribution is 0.218. The first-order valence-electron chi connectivity index (χ1n) is 11.3. The second-order valence-corrected chi connectivity index (χ2v) is 8.98. The van der Waals surface area contributed by atoms with Crippen molar-refractivity contribution in [2.24, 2.45) is 23.7 Å². The topological polar surface area (TPSA) is 63.8 Å². The van der Waals surface area contributed by atoms with Gasteiger partial charge in [-0.3, -0.25) is 4.98 Å². The molecule has 3 atom stereocenters. The molecular formula is C26H32N4O. The van der Waals surface area contributed by atoms with Crippen molar-refractivity contribution < 1.29 is 4.42 Å². The van der Waals surface area contributed by atoms with Gasteiger partial charge in [0.2, 0.25) is 11.8 Å². The second kappa shape index (κ2) is 10.0. The number of pyridine rings is 1. The summed E-state index contributed by atoms with van der Waals surface area (Å²) < 4.78 is 5.99. The molecule has 0 saturated carbocycles. The molecule has 5 heteroatoms. The number of rotatable bonds is 8. The molecule has 0 bridgehead atoms. The molecule has 5 nitrogen and oxygen atoms in total. The highest BCUT2D eigenvalue weighted by Gasteiger charge is 2.32. The molecule has 31 heavy (non-hydrogen) atoms. The van der Waals surface area contributed by atoms with Crippen molar-refractivity contribution in [3.05, 3.63) is 78.0 Å². The lowest BCUT2D eigenvalue weighted by Gasteiger charge is -2.37. The fraction of sp³-hybridized carbons (Fsp3) is 0.423. The number of benzene rings is 1. The Kier molecular flexibility index (Phi) is 6.92. The van der Waals surface area contributed by atoms with E-state index >= 15 is 0 Å². The summed E-state index contributed by atoms with van der Waals surface area (Å²) >= 11 is 0. The summed E-state index contributed by atoms with van der Waals surface area (Å²) in [6, 6.07) is 14.1. The minimum atomic E-state index is 0.450. The Hall–Kier alpha value is -2.79. The number of aromatic nitrogens is 3. The van der Waals surface area contributed by atoms with Crippen LogP contribution in [-0.4, -0.2) is 21.7 Å². The molecule has 1 N–H and O–H groups in total. The van der Waals surface area contributed by atoms with Crippen molar-refractivity contribution in [1.29, 1.82) is 0 Å². The van der Waals surface area contributed by atoms with Gasteiger partial charge in [0.1, 0.15) is 0 Å². The molecule has 0 fully saturated rings. The second-order valence-electron chi connectivity index (χ2n) is 8.98. The van der Waals surface area contributed by atoms with Gasteiger partial charge in [-0.05, 0) is 60.8 Å². The Labute approximate surface area is 185 Å². The van der Waals surface area contributed by atoms with Gasteiger partial charge in [0.25, 0.3) is 0 Å². The molecule has 3 aromatic rings. The quantitative estimate of drug-likeness (QED) is 0.504.